The quantitative estimate of drug-likeness (QED) is 0.871. The van der Waals surface area contributed by atoms with Crippen LogP contribution < -0.4 is 5.32 Å². The first kappa shape index (κ1) is 13.5. The molecule has 1 aromatic rings. The van der Waals surface area contributed by atoms with Crippen LogP contribution in [0.15, 0.2) is 22.7 Å². The van der Waals surface area contributed by atoms with Crippen molar-refractivity contribution < 1.29 is 9.50 Å². The highest BCUT2D eigenvalue weighted by Gasteiger charge is 2.21. The SMILES string of the molecule is CCC(C)(CO)CNc1c(F)cccc1Br. The number of para-hydroxylation sites is 1. The van der Waals surface area contributed by atoms with Crippen molar-refractivity contribution in [3.8, 4) is 0 Å². The van der Waals surface area contributed by atoms with Gasteiger partial charge in [-0.15, -0.1) is 0 Å². The highest BCUT2D eigenvalue weighted by Crippen LogP contribution is 2.27. The molecule has 0 saturated carbocycles. The molecular formula is C12H17BrFNO. The van der Waals surface area contributed by atoms with Gasteiger partial charge in [-0.1, -0.05) is 19.9 Å². The Morgan fingerprint density at radius 1 is 1.50 bits per heavy atom. The molecule has 0 aliphatic heterocycles. The molecule has 0 aliphatic rings. The van der Waals surface area contributed by atoms with E-state index < -0.39 is 0 Å². The minimum absolute atomic E-state index is 0.0859. The average molecular weight is 290 g/mol. The average Bonchev–Trinajstić information content (AvgIpc) is 2.28. The Labute approximate surface area is 104 Å². The van der Waals surface area contributed by atoms with E-state index in [4.69, 9.17) is 0 Å². The molecule has 0 heterocycles. The first-order valence-corrected chi connectivity index (χ1v) is 6.10. The van der Waals surface area contributed by atoms with Gasteiger partial charge in [-0.05, 0) is 34.5 Å². The zero-order valence-corrected chi connectivity index (χ0v) is 11.1. The number of hydrogen-bond acceptors (Lipinski definition) is 2. The predicted molar refractivity (Wildman–Crippen MR) is 68.1 cm³/mol. The second-order valence-electron chi connectivity index (χ2n) is 4.27. The first-order chi connectivity index (χ1) is 7.52. The summed E-state index contributed by atoms with van der Waals surface area (Å²) >= 11 is 3.29. The van der Waals surface area contributed by atoms with Gasteiger partial charge in [0.15, 0.2) is 0 Å². The van der Waals surface area contributed by atoms with E-state index in [1.165, 1.54) is 6.07 Å². The van der Waals surface area contributed by atoms with Crippen LogP contribution in [0.25, 0.3) is 0 Å². The van der Waals surface area contributed by atoms with Crippen molar-refractivity contribution in [2.45, 2.75) is 20.3 Å². The van der Waals surface area contributed by atoms with Crippen LogP contribution in [0, 0.1) is 11.2 Å². The van der Waals surface area contributed by atoms with E-state index in [1.54, 1.807) is 12.1 Å². The number of hydrogen-bond donors (Lipinski definition) is 2. The molecule has 0 spiro atoms. The first-order valence-electron chi connectivity index (χ1n) is 5.31. The highest BCUT2D eigenvalue weighted by atomic mass is 79.9. The molecule has 0 aromatic heterocycles. The number of rotatable bonds is 5. The second kappa shape index (κ2) is 5.64. The fourth-order valence-corrected chi connectivity index (χ4v) is 1.74. The molecule has 0 aliphatic carbocycles. The molecule has 1 rings (SSSR count). The third kappa shape index (κ3) is 3.19. The molecule has 0 bridgehead atoms. The fourth-order valence-electron chi connectivity index (χ4n) is 1.26. The normalized spacial score (nSPS) is 14.6. The summed E-state index contributed by atoms with van der Waals surface area (Å²) in [7, 11) is 0. The van der Waals surface area contributed by atoms with E-state index in [1.807, 2.05) is 13.8 Å². The van der Waals surface area contributed by atoms with Crippen LogP contribution in [0.1, 0.15) is 20.3 Å². The standard InChI is InChI=1S/C12H17BrFNO/c1-3-12(2,8-16)7-15-11-9(13)5-4-6-10(11)14/h4-6,15-16H,3,7-8H2,1-2H3. The molecule has 0 saturated heterocycles. The maximum absolute atomic E-state index is 13.5. The van der Waals surface area contributed by atoms with E-state index in [0.29, 0.717) is 16.7 Å². The summed E-state index contributed by atoms with van der Waals surface area (Å²) in [6.45, 7) is 4.60. The van der Waals surface area contributed by atoms with Gasteiger partial charge in [-0.2, -0.15) is 0 Å². The monoisotopic (exact) mass is 289 g/mol. The molecule has 1 atom stereocenters. The van der Waals surface area contributed by atoms with Crippen molar-refractivity contribution in [2.24, 2.45) is 5.41 Å². The molecule has 1 unspecified atom stereocenters. The third-order valence-electron chi connectivity index (χ3n) is 2.89. The van der Waals surface area contributed by atoms with Crippen molar-refractivity contribution in [3.05, 3.63) is 28.5 Å². The predicted octanol–water partition coefficient (Wildman–Crippen LogP) is 3.41. The Kier molecular flexibility index (Phi) is 4.74. The molecule has 2 nitrogen and oxygen atoms in total. The Hall–Kier alpha value is -0.610. The van der Waals surface area contributed by atoms with Crippen molar-refractivity contribution in [3.63, 3.8) is 0 Å². The number of aliphatic hydroxyl groups excluding tert-OH is 1. The lowest BCUT2D eigenvalue weighted by molar-refractivity contribution is 0.149. The fraction of sp³-hybridized carbons (Fsp3) is 0.500. The van der Waals surface area contributed by atoms with Gasteiger partial charge in [-0.25, -0.2) is 4.39 Å². The smallest absolute Gasteiger partial charge is 0.147 e. The molecular weight excluding hydrogens is 273 g/mol. The van der Waals surface area contributed by atoms with Gasteiger partial charge in [-0.3, -0.25) is 0 Å². The third-order valence-corrected chi connectivity index (χ3v) is 3.55. The summed E-state index contributed by atoms with van der Waals surface area (Å²) in [6, 6.07) is 4.85. The van der Waals surface area contributed by atoms with Gasteiger partial charge in [0.25, 0.3) is 0 Å². The Bertz CT molecular complexity index is 333. The van der Waals surface area contributed by atoms with Crippen LogP contribution in [0.3, 0.4) is 0 Å². The van der Waals surface area contributed by atoms with Crippen LogP contribution in [0.5, 0.6) is 0 Å². The second-order valence-corrected chi connectivity index (χ2v) is 5.13. The van der Waals surface area contributed by atoms with Crippen molar-refractivity contribution >= 4 is 21.6 Å². The largest absolute Gasteiger partial charge is 0.396 e. The Morgan fingerprint density at radius 3 is 2.69 bits per heavy atom. The van der Waals surface area contributed by atoms with Crippen molar-refractivity contribution in [1.82, 2.24) is 0 Å². The Morgan fingerprint density at radius 2 is 2.19 bits per heavy atom. The summed E-state index contributed by atoms with van der Waals surface area (Å²) in [5, 5.41) is 12.3. The molecule has 1 aromatic carbocycles. The molecule has 16 heavy (non-hydrogen) atoms. The summed E-state index contributed by atoms with van der Waals surface area (Å²) in [4.78, 5) is 0. The molecule has 0 amide bonds. The van der Waals surface area contributed by atoms with Gasteiger partial charge in [0, 0.05) is 16.4 Å². The van der Waals surface area contributed by atoms with Crippen LogP contribution in [-0.4, -0.2) is 18.3 Å². The Balaban J connectivity index is 2.75. The summed E-state index contributed by atoms with van der Waals surface area (Å²) in [5.74, 6) is -0.286. The minimum atomic E-state index is -0.286. The lowest BCUT2D eigenvalue weighted by atomic mass is 9.88. The van der Waals surface area contributed by atoms with E-state index in [-0.39, 0.29) is 17.8 Å². The van der Waals surface area contributed by atoms with Gasteiger partial charge in [0.05, 0.1) is 12.3 Å². The van der Waals surface area contributed by atoms with Crippen LogP contribution >= 0.6 is 15.9 Å². The maximum Gasteiger partial charge on any atom is 0.147 e. The van der Waals surface area contributed by atoms with Crippen molar-refractivity contribution in [1.29, 1.82) is 0 Å². The lowest BCUT2D eigenvalue weighted by Gasteiger charge is -2.26. The molecule has 2 N–H and O–H groups in total. The maximum atomic E-state index is 13.5. The van der Waals surface area contributed by atoms with E-state index in [2.05, 4.69) is 21.2 Å². The zero-order valence-electron chi connectivity index (χ0n) is 9.56. The highest BCUT2D eigenvalue weighted by molar-refractivity contribution is 9.10. The number of aliphatic hydroxyl groups is 1. The minimum Gasteiger partial charge on any atom is -0.396 e. The summed E-state index contributed by atoms with van der Waals surface area (Å²) in [6.07, 6.45) is 0.836. The van der Waals surface area contributed by atoms with Gasteiger partial charge in [0.2, 0.25) is 0 Å². The van der Waals surface area contributed by atoms with Crippen LogP contribution in [0.2, 0.25) is 0 Å². The number of halogens is 2. The topological polar surface area (TPSA) is 32.3 Å². The van der Waals surface area contributed by atoms with E-state index >= 15 is 0 Å². The van der Waals surface area contributed by atoms with Crippen molar-refractivity contribution in [2.75, 3.05) is 18.5 Å². The number of anilines is 1. The van der Waals surface area contributed by atoms with E-state index in [9.17, 15) is 9.50 Å². The van der Waals surface area contributed by atoms with Gasteiger partial charge < -0.3 is 10.4 Å². The zero-order chi connectivity index (χ0) is 12.2. The molecule has 0 fully saturated rings. The summed E-state index contributed by atoms with van der Waals surface area (Å²) < 4.78 is 14.2. The lowest BCUT2D eigenvalue weighted by Crippen LogP contribution is -2.29. The van der Waals surface area contributed by atoms with Crippen LogP contribution in [-0.2, 0) is 0 Å². The van der Waals surface area contributed by atoms with Gasteiger partial charge in [0.1, 0.15) is 5.82 Å². The molecule has 4 heteroatoms. The molecule has 90 valence electrons. The summed E-state index contributed by atoms with van der Waals surface area (Å²) in [5.41, 5.74) is 0.234. The van der Waals surface area contributed by atoms with Gasteiger partial charge >= 0.3 is 0 Å². The van der Waals surface area contributed by atoms with E-state index in [0.717, 1.165) is 6.42 Å². The van der Waals surface area contributed by atoms with Crippen LogP contribution in [0.4, 0.5) is 10.1 Å². The number of nitrogens with one attached hydrogen (secondary N) is 1. The molecule has 0 radical (unpaired) electrons. The number of benzene rings is 1.